The molecule has 0 unspecified atom stereocenters. The summed E-state index contributed by atoms with van der Waals surface area (Å²) in [6.07, 6.45) is 1.92. The van der Waals surface area contributed by atoms with Crippen LogP contribution in [-0.2, 0) is 5.67 Å². The molecule has 66 valence electrons. The zero-order valence-electron chi connectivity index (χ0n) is 7.38. The van der Waals surface area contributed by atoms with Gasteiger partial charge >= 0.3 is 0 Å². The summed E-state index contributed by atoms with van der Waals surface area (Å²) in [5.41, 5.74) is -0.430. The Morgan fingerprint density at radius 3 is 2.42 bits per heavy atom. The van der Waals surface area contributed by atoms with Gasteiger partial charge in [-0.2, -0.15) is 11.8 Å². The Kier molecular flexibility index (Phi) is 3.15. The molecule has 0 aliphatic rings. The molecule has 0 fully saturated rings. The van der Waals surface area contributed by atoms with Gasteiger partial charge in [-0.05, 0) is 18.7 Å². The third-order valence-electron chi connectivity index (χ3n) is 1.79. The first-order valence-electron chi connectivity index (χ1n) is 3.90. The average molecular weight is 184 g/mol. The first-order valence-corrected chi connectivity index (χ1v) is 5.29. The molecule has 0 N–H and O–H groups in total. The van der Waals surface area contributed by atoms with Crippen LogP contribution in [0.4, 0.5) is 4.39 Å². The number of rotatable bonds is 3. The molecule has 0 amide bonds. The fraction of sp³-hybridized carbons (Fsp3) is 0.400. The van der Waals surface area contributed by atoms with Crippen LogP contribution in [0.1, 0.15) is 12.5 Å². The van der Waals surface area contributed by atoms with E-state index in [0.717, 1.165) is 5.56 Å². The smallest absolute Gasteiger partial charge is 0.142 e. The van der Waals surface area contributed by atoms with E-state index in [0.29, 0.717) is 5.75 Å². The largest absolute Gasteiger partial charge is 0.238 e. The van der Waals surface area contributed by atoms with Gasteiger partial charge in [0.1, 0.15) is 5.67 Å². The lowest BCUT2D eigenvalue weighted by Crippen LogP contribution is -2.17. The van der Waals surface area contributed by atoms with E-state index >= 15 is 0 Å². The number of benzene rings is 1. The highest BCUT2D eigenvalue weighted by Gasteiger charge is 2.24. The molecule has 1 aromatic rings. The number of thioether (sulfide) groups is 1. The Morgan fingerprint density at radius 2 is 1.92 bits per heavy atom. The van der Waals surface area contributed by atoms with Gasteiger partial charge in [-0.1, -0.05) is 30.3 Å². The maximum Gasteiger partial charge on any atom is 0.142 e. The normalized spacial score (nSPS) is 15.6. The maximum absolute atomic E-state index is 13.8. The molecular formula is C10H13FS. The van der Waals surface area contributed by atoms with E-state index < -0.39 is 5.67 Å². The van der Waals surface area contributed by atoms with Gasteiger partial charge in [0.05, 0.1) is 0 Å². The molecule has 1 atom stereocenters. The second-order valence-electron chi connectivity index (χ2n) is 3.00. The van der Waals surface area contributed by atoms with Crippen molar-refractivity contribution in [2.45, 2.75) is 12.6 Å². The van der Waals surface area contributed by atoms with E-state index in [9.17, 15) is 4.39 Å². The van der Waals surface area contributed by atoms with Crippen LogP contribution in [0.25, 0.3) is 0 Å². The molecule has 1 aromatic carbocycles. The van der Waals surface area contributed by atoms with Gasteiger partial charge in [0.25, 0.3) is 0 Å². The third kappa shape index (κ3) is 2.24. The van der Waals surface area contributed by atoms with Crippen LogP contribution < -0.4 is 0 Å². The number of hydrogen-bond acceptors (Lipinski definition) is 1. The van der Waals surface area contributed by atoms with E-state index in [2.05, 4.69) is 0 Å². The van der Waals surface area contributed by atoms with Crippen molar-refractivity contribution in [2.75, 3.05) is 12.0 Å². The summed E-state index contributed by atoms with van der Waals surface area (Å²) in [6.45, 7) is 1.62. The monoisotopic (exact) mass is 184 g/mol. The maximum atomic E-state index is 13.8. The second-order valence-corrected chi connectivity index (χ2v) is 3.86. The highest BCUT2D eigenvalue weighted by Crippen LogP contribution is 2.28. The zero-order valence-corrected chi connectivity index (χ0v) is 8.20. The Hall–Kier alpha value is -0.500. The van der Waals surface area contributed by atoms with Gasteiger partial charge < -0.3 is 0 Å². The van der Waals surface area contributed by atoms with Gasteiger partial charge in [-0.25, -0.2) is 4.39 Å². The highest BCUT2D eigenvalue weighted by atomic mass is 32.2. The van der Waals surface area contributed by atoms with Crippen LogP contribution in [0.2, 0.25) is 0 Å². The molecule has 12 heavy (non-hydrogen) atoms. The molecule has 0 bridgehead atoms. The van der Waals surface area contributed by atoms with Crippen molar-refractivity contribution in [1.82, 2.24) is 0 Å². The molecule has 0 saturated carbocycles. The van der Waals surface area contributed by atoms with Crippen LogP contribution in [0.5, 0.6) is 0 Å². The van der Waals surface area contributed by atoms with E-state index in [1.54, 1.807) is 6.92 Å². The minimum atomic E-state index is -1.19. The van der Waals surface area contributed by atoms with Gasteiger partial charge in [0.2, 0.25) is 0 Å². The van der Waals surface area contributed by atoms with Crippen LogP contribution >= 0.6 is 11.8 Å². The van der Waals surface area contributed by atoms with Gasteiger partial charge in [0, 0.05) is 5.75 Å². The number of hydrogen-bond donors (Lipinski definition) is 0. The molecule has 0 spiro atoms. The molecular weight excluding hydrogens is 171 g/mol. The SMILES string of the molecule is CSC[C@@](C)(F)c1ccccc1. The van der Waals surface area contributed by atoms with Crippen molar-refractivity contribution < 1.29 is 4.39 Å². The average Bonchev–Trinajstić information content (AvgIpc) is 2.06. The third-order valence-corrected chi connectivity index (χ3v) is 2.62. The van der Waals surface area contributed by atoms with E-state index in [-0.39, 0.29) is 0 Å². The minimum absolute atomic E-state index is 0.511. The Morgan fingerprint density at radius 1 is 1.33 bits per heavy atom. The zero-order chi connectivity index (χ0) is 9.03. The predicted octanol–water partition coefficient (Wildman–Crippen LogP) is 3.23. The van der Waals surface area contributed by atoms with E-state index in [1.807, 2.05) is 36.6 Å². The minimum Gasteiger partial charge on any atom is -0.238 e. The van der Waals surface area contributed by atoms with Crippen LogP contribution in [-0.4, -0.2) is 12.0 Å². The summed E-state index contributed by atoms with van der Waals surface area (Å²) < 4.78 is 13.8. The van der Waals surface area contributed by atoms with Gasteiger partial charge in [-0.15, -0.1) is 0 Å². The molecule has 2 heteroatoms. The van der Waals surface area contributed by atoms with Crippen molar-refractivity contribution in [3.05, 3.63) is 35.9 Å². The molecule has 0 aliphatic heterocycles. The van der Waals surface area contributed by atoms with Gasteiger partial charge in [-0.3, -0.25) is 0 Å². The fourth-order valence-corrected chi connectivity index (χ4v) is 1.85. The van der Waals surface area contributed by atoms with Crippen molar-refractivity contribution in [1.29, 1.82) is 0 Å². The highest BCUT2D eigenvalue weighted by molar-refractivity contribution is 7.98. The standard InChI is InChI=1S/C10H13FS/c1-10(11,8-12-2)9-6-4-3-5-7-9/h3-7H,8H2,1-2H3/t10-/m1/s1. The lowest BCUT2D eigenvalue weighted by Gasteiger charge is -2.19. The first-order chi connectivity index (χ1) is 5.67. The summed E-state index contributed by atoms with van der Waals surface area (Å²) in [4.78, 5) is 0. The molecule has 0 aliphatic carbocycles. The van der Waals surface area contributed by atoms with Crippen molar-refractivity contribution in [2.24, 2.45) is 0 Å². The summed E-state index contributed by atoms with van der Waals surface area (Å²) in [6, 6.07) is 9.30. The summed E-state index contributed by atoms with van der Waals surface area (Å²) in [5, 5.41) is 0. The molecule has 0 nitrogen and oxygen atoms in total. The summed E-state index contributed by atoms with van der Waals surface area (Å²) in [7, 11) is 0. The summed E-state index contributed by atoms with van der Waals surface area (Å²) >= 11 is 1.53. The van der Waals surface area contributed by atoms with Crippen molar-refractivity contribution in [3.63, 3.8) is 0 Å². The number of alkyl halides is 1. The lowest BCUT2D eigenvalue weighted by atomic mass is 10.0. The molecule has 0 aromatic heterocycles. The van der Waals surface area contributed by atoms with Crippen molar-refractivity contribution in [3.8, 4) is 0 Å². The molecule has 0 radical (unpaired) electrons. The Bertz CT molecular complexity index is 231. The predicted molar refractivity (Wildman–Crippen MR) is 53.3 cm³/mol. The Balaban J connectivity index is 2.82. The molecule has 0 heterocycles. The number of halogens is 1. The van der Waals surface area contributed by atoms with E-state index in [4.69, 9.17) is 0 Å². The molecule has 1 rings (SSSR count). The first kappa shape index (κ1) is 9.59. The van der Waals surface area contributed by atoms with Crippen LogP contribution in [0, 0.1) is 0 Å². The Labute approximate surface area is 77.2 Å². The fourth-order valence-electron chi connectivity index (χ4n) is 1.14. The lowest BCUT2D eigenvalue weighted by molar-refractivity contribution is 0.228. The second kappa shape index (κ2) is 3.94. The summed E-state index contributed by atoms with van der Waals surface area (Å²) in [5.74, 6) is 0.511. The van der Waals surface area contributed by atoms with E-state index in [1.165, 1.54) is 11.8 Å². The molecule has 0 saturated heterocycles. The quantitative estimate of drug-likeness (QED) is 0.695. The topological polar surface area (TPSA) is 0 Å². The van der Waals surface area contributed by atoms with Gasteiger partial charge in [0.15, 0.2) is 0 Å². The van der Waals surface area contributed by atoms with Crippen molar-refractivity contribution >= 4 is 11.8 Å². The van der Waals surface area contributed by atoms with Crippen LogP contribution in [0.3, 0.4) is 0 Å². The van der Waals surface area contributed by atoms with Crippen LogP contribution in [0.15, 0.2) is 30.3 Å².